The van der Waals surface area contributed by atoms with Crippen LogP contribution in [0.2, 0.25) is 0 Å². The minimum Gasteiger partial charge on any atom is -0.497 e. The summed E-state index contributed by atoms with van der Waals surface area (Å²) < 4.78 is 38.8. The molecule has 0 aliphatic carbocycles. The molecule has 0 radical (unpaired) electrons. The van der Waals surface area contributed by atoms with Crippen LogP contribution in [0.3, 0.4) is 0 Å². The van der Waals surface area contributed by atoms with Gasteiger partial charge in [-0.1, -0.05) is 12.1 Å². The highest BCUT2D eigenvalue weighted by Gasteiger charge is 2.16. The second kappa shape index (κ2) is 10.6. The number of amides is 2. The van der Waals surface area contributed by atoms with Gasteiger partial charge in [-0.25, -0.2) is 0 Å². The summed E-state index contributed by atoms with van der Waals surface area (Å²) in [4.78, 5) is 35.5. The van der Waals surface area contributed by atoms with Crippen molar-refractivity contribution in [2.24, 2.45) is 0 Å². The summed E-state index contributed by atoms with van der Waals surface area (Å²) >= 11 is 0. The van der Waals surface area contributed by atoms with Gasteiger partial charge in [-0.05, 0) is 36.4 Å². The highest BCUT2D eigenvalue weighted by molar-refractivity contribution is 5.98. The van der Waals surface area contributed by atoms with Gasteiger partial charge in [0.15, 0.2) is 6.61 Å². The Morgan fingerprint density at radius 2 is 1.72 bits per heavy atom. The quantitative estimate of drug-likeness (QED) is 0.617. The van der Waals surface area contributed by atoms with Gasteiger partial charge in [0.05, 0.1) is 12.7 Å². The van der Waals surface area contributed by atoms with Crippen molar-refractivity contribution in [3.05, 3.63) is 54.1 Å². The lowest BCUT2D eigenvalue weighted by Gasteiger charge is -2.11. The Bertz CT molecular complexity index is 858. The highest BCUT2D eigenvalue weighted by Crippen LogP contribution is 2.20. The molecule has 0 atom stereocenters. The first kappa shape index (κ1) is 21.6. The number of alkyl halides is 2. The molecule has 0 bridgehead atoms. The van der Waals surface area contributed by atoms with Crippen LogP contribution in [0.5, 0.6) is 11.5 Å². The largest absolute Gasteiger partial charge is 0.497 e. The number of para-hydroxylation sites is 1. The molecule has 29 heavy (non-hydrogen) atoms. The van der Waals surface area contributed by atoms with E-state index < -0.39 is 37.5 Å². The third-order valence-corrected chi connectivity index (χ3v) is 3.48. The van der Waals surface area contributed by atoms with Crippen LogP contribution in [0.25, 0.3) is 0 Å². The zero-order chi connectivity index (χ0) is 21.2. The molecule has 2 aromatic carbocycles. The van der Waals surface area contributed by atoms with E-state index in [4.69, 9.17) is 9.47 Å². The van der Waals surface area contributed by atoms with Gasteiger partial charge in [-0.15, -0.1) is 0 Å². The van der Waals surface area contributed by atoms with E-state index >= 15 is 0 Å². The fourth-order valence-electron chi connectivity index (χ4n) is 2.17. The summed E-state index contributed by atoms with van der Waals surface area (Å²) in [5.74, 6) is -1.97. The third kappa shape index (κ3) is 7.09. The molecular weight excluding hydrogens is 390 g/mol. The third-order valence-electron chi connectivity index (χ3n) is 3.48. The van der Waals surface area contributed by atoms with Crippen molar-refractivity contribution in [1.29, 1.82) is 0 Å². The molecule has 154 valence electrons. The average Bonchev–Trinajstić information content (AvgIpc) is 2.71. The number of ether oxygens (including phenoxy) is 3. The molecular formula is C19H18F2N2O6. The SMILES string of the molecule is COc1ccc(NC(=O)COC(=O)CNC(=O)c2ccccc2OC(F)F)cc1. The smallest absolute Gasteiger partial charge is 0.387 e. The van der Waals surface area contributed by atoms with Crippen LogP contribution >= 0.6 is 0 Å². The number of nitrogens with one attached hydrogen (secondary N) is 2. The summed E-state index contributed by atoms with van der Waals surface area (Å²) in [5, 5.41) is 4.73. The Morgan fingerprint density at radius 1 is 1.03 bits per heavy atom. The number of rotatable bonds is 9. The second-order valence-corrected chi connectivity index (χ2v) is 5.49. The fraction of sp³-hybridized carbons (Fsp3) is 0.211. The van der Waals surface area contributed by atoms with E-state index in [1.165, 1.54) is 31.4 Å². The van der Waals surface area contributed by atoms with Gasteiger partial charge in [-0.3, -0.25) is 14.4 Å². The monoisotopic (exact) mass is 408 g/mol. The van der Waals surface area contributed by atoms with E-state index in [0.717, 1.165) is 0 Å². The molecule has 2 rings (SSSR count). The Hall–Kier alpha value is -3.69. The van der Waals surface area contributed by atoms with Crippen LogP contribution in [-0.2, 0) is 14.3 Å². The second-order valence-electron chi connectivity index (χ2n) is 5.49. The van der Waals surface area contributed by atoms with E-state index in [0.29, 0.717) is 11.4 Å². The van der Waals surface area contributed by atoms with Gasteiger partial charge in [0.1, 0.15) is 18.0 Å². The lowest BCUT2D eigenvalue weighted by Crippen LogP contribution is -2.32. The van der Waals surface area contributed by atoms with E-state index in [2.05, 4.69) is 15.4 Å². The minimum absolute atomic E-state index is 0.169. The van der Waals surface area contributed by atoms with Crippen molar-refractivity contribution >= 4 is 23.5 Å². The van der Waals surface area contributed by atoms with Crippen LogP contribution < -0.4 is 20.1 Å². The van der Waals surface area contributed by atoms with Gasteiger partial charge in [0.2, 0.25) is 0 Å². The summed E-state index contributed by atoms with van der Waals surface area (Å²) in [7, 11) is 1.51. The summed E-state index contributed by atoms with van der Waals surface area (Å²) in [6, 6.07) is 11.8. The number of carbonyl (C=O) groups excluding carboxylic acids is 3. The van der Waals surface area contributed by atoms with Gasteiger partial charge >= 0.3 is 12.6 Å². The first-order chi connectivity index (χ1) is 13.9. The zero-order valence-corrected chi connectivity index (χ0v) is 15.3. The molecule has 0 saturated heterocycles. The maximum absolute atomic E-state index is 12.4. The van der Waals surface area contributed by atoms with Crippen molar-refractivity contribution in [1.82, 2.24) is 5.32 Å². The minimum atomic E-state index is -3.10. The molecule has 2 aromatic rings. The van der Waals surface area contributed by atoms with Crippen molar-refractivity contribution < 1.29 is 37.4 Å². The van der Waals surface area contributed by atoms with Gasteiger partial charge in [0.25, 0.3) is 11.8 Å². The molecule has 0 saturated carbocycles. The standard InChI is InChI=1S/C19H18F2N2O6/c1-27-13-8-6-12(7-9-13)23-16(24)11-28-17(25)10-22-18(26)14-4-2-3-5-15(14)29-19(20)21/h2-9,19H,10-11H2,1H3,(H,22,26)(H,23,24). The number of esters is 1. The number of benzene rings is 2. The van der Waals surface area contributed by atoms with Crippen LogP contribution in [0.4, 0.5) is 14.5 Å². The molecule has 0 heterocycles. The summed E-state index contributed by atoms with van der Waals surface area (Å²) in [5.41, 5.74) is 0.314. The molecule has 10 heteroatoms. The lowest BCUT2D eigenvalue weighted by atomic mass is 10.2. The maximum atomic E-state index is 12.4. The topological polar surface area (TPSA) is 103 Å². The summed E-state index contributed by atoms with van der Waals surface area (Å²) in [6.07, 6.45) is 0. The molecule has 2 N–H and O–H groups in total. The lowest BCUT2D eigenvalue weighted by molar-refractivity contribution is -0.146. The van der Waals surface area contributed by atoms with E-state index in [9.17, 15) is 23.2 Å². The van der Waals surface area contributed by atoms with Gasteiger partial charge in [0, 0.05) is 5.69 Å². The highest BCUT2D eigenvalue weighted by atomic mass is 19.3. The normalized spacial score (nSPS) is 10.2. The van der Waals surface area contributed by atoms with Gasteiger partial charge in [-0.2, -0.15) is 8.78 Å². The number of methoxy groups -OCH3 is 1. The fourth-order valence-corrected chi connectivity index (χ4v) is 2.17. The number of anilines is 1. The Balaban J connectivity index is 1.78. The van der Waals surface area contributed by atoms with Crippen LogP contribution in [0.15, 0.2) is 48.5 Å². The molecule has 2 amide bonds. The Morgan fingerprint density at radius 3 is 2.38 bits per heavy atom. The van der Waals surface area contributed by atoms with Crippen LogP contribution in [0.1, 0.15) is 10.4 Å². The van der Waals surface area contributed by atoms with E-state index in [-0.39, 0.29) is 11.3 Å². The number of hydrogen-bond acceptors (Lipinski definition) is 6. The first-order valence-corrected chi connectivity index (χ1v) is 8.30. The van der Waals surface area contributed by atoms with Crippen molar-refractivity contribution in [2.75, 3.05) is 25.6 Å². The Labute approximate surface area is 164 Å². The predicted molar refractivity (Wildman–Crippen MR) is 98.0 cm³/mol. The molecule has 0 spiro atoms. The molecule has 8 nitrogen and oxygen atoms in total. The van der Waals surface area contributed by atoms with Crippen LogP contribution in [-0.4, -0.2) is 44.7 Å². The summed E-state index contributed by atoms with van der Waals surface area (Å²) in [6.45, 7) is -4.22. The van der Waals surface area contributed by atoms with Crippen LogP contribution in [0, 0.1) is 0 Å². The van der Waals surface area contributed by atoms with Crippen molar-refractivity contribution in [3.63, 3.8) is 0 Å². The van der Waals surface area contributed by atoms with Crippen molar-refractivity contribution in [2.45, 2.75) is 6.61 Å². The zero-order valence-electron chi connectivity index (χ0n) is 15.3. The van der Waals surface area contributed by atoms with Crippen molar-refractivity contribution in [3.8, 4) is 11.5 Å². The maximum Gasteiger partial charge on any atom is 0.387 e. The van der Waals surface area contributed by atoms with E-state index in [1.807, 2.05) is 0 Å². The molecule has 0 aliphatic rings. The first-order valence-electron chi connectivity index (χ1n) is 8.30. The number of carbonyl (C=O) groups is 3. The average molecular weight is 408 g/mol. The predicted octanol–water partition coefficient (Wildman–Crippen LogP) is 2.21. The molecule has 0 unspecified atom stereocenters. The molecule has 0 aliphatic heterocycles. The number of hydrogen-bond donors (Lipinski definition) is 2. The van der Waals surface area contributed by atoms with Gasteiger partial charge < -0.3 is 24.8 Å². The molecule has 0 aromatic heterocycles. The number of halogens is 2. The molecule has 0 fully saturated rings. The van der Waals surface area contributed by atoms with E-state index in [1.54, 1.807) is 24.3 Å². The Kier molecular flexibility index (Phi) is 7.89.